The summed E-state index contributed by atoms with van der Waals surface area (Å²) in [5.41, 5.74) is 0.586. The fourth-order valence-corrected chi connectivity index (χ4v) is 1.99. The predicted molar refractivity (Wildman–Crippen MR) is 58.9 cm³/mol. The van der Waals surface area contributed by atoms with Crippen molar-refractivity contribution in [1.29, 1.82) is 0 Å². The second-order valence-electron chi connectivity index (χ2n) is 3.24. The Morgan fingerprint density at radius 3 is 2.56 bits per heavy atom. The monoisotopic (exact) mass is 244 g/mol. The number of carbonyl (C=O) groups excluding carboxylic acids is 1. The fraction of sp³-hybridized carbons (Fsp3) is 0.444. The Morgan fingerprint density at radius 1 is 1.50 bits per heavy atom. The van der Waals surface area contributed by atoms with Gasteiger partial charge in [-0.25, -0.2) is 0 Å². The molecule has 1 amide bonds. The minimum atomic E-state index is -0.974. The number of carbonyl (C=O) groups is 2. The summed E-state index contributed by atoms with van der Waals surface area (Å²) in [5, 5.41) is 10.8. The molecule has 0 saturated heterocycles. The topological polar surface area (TPSA) is 88.4 Å². The van der Waals surface area contributed by atoms with E-state index in [1.807, 2.05) is 0 Å². The molecule has 1 aromatic heterocycles. The second-order valence-corrected chi connectivity index (χ2v) is 4.20. The lowest BCUT2D eigenvalue weighted by molar-refractivity contribution is -0.136. The number of aliphatic carboxylic acids is 1. The maximum Gasteiger partial charge on any atom is 0.307 e. The van der Waals surface area contributed by atoms with Gasteiger partial charge < -0.3 is 15.0 Å². The normalized spacial score (nSPS) is 10.1. The first-order valence-electron chi connectivity index (χ1n) is 4.60. The summed E-state index contributed by atoms with van der Waals surface area (Å²) >= 11 is 0.856. The zero-order chi connectivity index (χ0) is 12.3. The van der Waals surface area contributed by atoms with E-state index in [0.29, 0.717) is 10.6 Å². The molecule has 88 valence electrons. The van der Waals surface area contributed by atoms with Crippen LogP contribution in [0.2, 0.25) is 0 Å². The van der Waals surface area contributed by atoms with Crippen molar-refractivity contribution >= 4 is 23.2 Å². The Kier molecular flexibility index (Phi) is 3.83. The van der Waals surface area contributed by atoms with Crippen LogP contribution < -0.4 is 10.2 Å². The van der Waals surface area contributed by atoms with Gasteiger partial charge >= 0.3 is 10.8 Å². The molecule has 0 aliphatic carbocycles. The van der Waals surface area contributed by atoms with Gasteiger partial charge in [-0.1, -0.05) is 11.3 Å². The maximum atomic E-state index is 11.6. The van der Waals surface area contributed by atoms with Gasteiger partial charge in [0.05, 0.1) is 6.42 Å². The van der Waals surface area contributed by atoms with Crippen LogP contribution in [0.4, 0.5) is 0 Å². The third-order valence-corrected chi connectivity index (χ3v) is 3.26. The van der Waals surface area contributed by atoms with Crippen molar-refractivity contribution < 1.29 is 14.7 Å². The number of hydrogen-bond acceptors (Lipinski definition) is 4. The Hall–Kier alpha value is -1.63. The van der Waals surface area contributed by atoms with E-state index in [1.165, 1.54) is 4.57 Å². The minimum Gasteiger partial charge on any atom is -0.481 e. The van der Waals surface area contributed by atoms with Gasteiger partial charge in [-0.15, -0.1) is 0 Å². The van der Waals surface area contributed by atoms with E-state index in [0.717, 1.165) is 11.3 Å². The summed E-state index contributed by atoms with van der Waals surface area (Å²) in [4.78, 5) is 33.2. The molecule has 7 heteroatoms. The molecule has 0 saturated carbocycles. The molecule has 0 fully saturated rings. The molecule has 0 bridgehead atoms. The average molecular weight is 244 g/mol. The number of carboxylic acids is 1. The fourth-order valence-electron chi connectivity index (χ4n) is 1.09. The molecule has 0 atom stereocenters. The van der Waals surface area contributed by atoms with E-state index in [2.05, 4.69) is 5.32 Å². The molecule has 0 radical (unpaired) electrons. The molecule has 0 aliphatic heterocycles. The van der Waals surface area contributed by atoms with Crippen LogP contribution in [-0.4, -0.2) is 28.1 Å². The van der Waals surface area contributed by atoms with Crippen LogP contribution in [0.5, 0.6) is 0 Å². The number of hydrogen-bond donors (Lipinski definition) is 2. The second kappa shape index (κ2) is 4.93. The molecule has 1 heterocycles. The Morgan fingerprint density at radius 2 is 2.12 bits per heavy atom. The van der Waals surface area contributed by atoms with Gasteiger partial charge in [0.15, 0.2) is 0 Å². The van der Waals surface area contributed by atoms with Crippen LogP contribution in [0.3, 0.4) is 0 Å². The van der Waals surface area contributed by atoms with Crippen LogP contribution in [0.25, 0.3) is 0 Å². The number of rotatable bonds is 4. The van der Waals surface area contributed by atoms with Crippen LogP contribution in [0.15, 0.2) is 4.79 Å². The first-order chi connectivity index (χ1) is 7.43. The largest absolute Gasteiger partial charge is 0.481 e. The molecule has 0 aliphatic rings. The van der Waals surface area contributed by atoms with Gasteiger partial charge in [-0.2, -0.15) is 0 Å². The standard InChI is InChI=1S/C9H12N2O4S/c1-5-7(16-9(15)11(5)2)8(14)10-4-3-6(12)13/h3-4H2,1-2H3,(H,10,14)(H,12,13). The average Bonchev–Trinajstić information content (AvgIpc) is 2.45. The summed E-state index contributed by atoms with van der Waals surface area (Å²) in [7, 11) is 1.59. The first-order valence-corrected chi connectivity index (χ1v) is 5.41. The van der Waals surface area contributed by atoms with E-state index in [1.54, 1.807) is 14.0 Å². The van der Waals surface area contributed by atoms with Gasteiger partial charge in [0.1, 0.15) is 4.88 Å². The molecule has 1 rings (SSSR count). The van der Waals surface area contributed by atoms with Crippen molar-refractivity contribution in [3.8, 4) is 0 Å². The lowest BCUT2D eigenvalue weighted by Gasteiger charge is -2.02. The minimum absolute atomic E-state index is 0.0589. The third kappa shape index (κ3) is 2.69. The van der Waals surface area contributed by atoms with E-state index >= 15 is 0 Å². The number of aromatic nitrogens is 1. The molecule has 16 heavy (non-hydrogen) atoms. The molecule has 0 spiro atoms. The highest BCUT2D eigenvalue weighted by Crippen LogP contribution is 2.09. The summed E-state index contributed by atoms with van der Waals surface area (Å²) in [6, 6.07) is 0. The highest BCUT2D eigenvalue weighted by molar-refractivity contribution is 7.11. The quantitative estimate of drug-likeness (QED) is 0.777. The van der Waals surface area contributed by atoms with Crippen LogP contribution in [-0.2, 0) is 11.8 Å². The van der Waals surface area contributed by atoms with Crippen molar-refractivity contribution in [2.75, 3.05) is 6.54 Å². The van der Waals surface area contributed by atoms with Crippen molar-refractivity contribution in [2.45, 2.75) is 13.3 Å². The maximum absolute atomic E-state index is 11.6. The smallest absolute Gasteiger partial charge is 0.307 e. The van der Waals surface area contributed by atoms with Crippen molar-refractivity contribution in [3.63, 3.8) is 0 Å². The van der Waals surface area contributed by atoms with E-state index in [4.69, 9.17) is 5.11 Å². The number of thiazole rings is 1. The molecular formula is C9H12N2O4S. The van der Waals surface area contributed by atoms with Crippen LogP contribution >= 0.6 is 11.3 Å². The molecule has 6 nitrogen and oxygen atoms in total. The van der Waals surface area contributed by atoms with Crippen molar-refractivity contribution in [3.05, 3.63) is 20.2 Å². The van der Waals surface area contributed by atoms with Crippen LogP contribution in [0.1, 0.15) is 21.8 Å². The Labute approximate surface area is 95.5 Å². The number of carboxylic acid groups (broad SMARTS) is 1. The highest BCUT2D eigenvalue weighted by Gasteiger charge is 2.15. The van der Waals surface area contributed by atoms with Gasteiger partial charge in [-0.05, 0) is 6.92 Å². The summed E-state index contributed by atoms with van der Waals surface area (Å²) < 4.78 is 1.39. The number of nitrogens with one attached hydrogen (secondary N) is 1. The molecular weight excluding hydrogens is 232 g/mol. The first kappa shape index (κ1) is 12.4. The van der Waals surface area contributed by atoms with E-state index in [-0.39, 0.29) is 17.8 Å². The summed E-state index contributed by atoms with van der Waals surface area (Å²) in [6.45, 7) is 1.73. The van der Waals surface area contributed by atoms with Gasteiger partial charge in [-0.3, -0.25) is 14.4 Å². The Bertz CT molecular complexity index is 474. The van der Waals surface area contributed by atoms with Gasteiger partial charge in [0.25, 0.3) is 5.91 Å². The SMILES string of the molecule is Cc1c(C(=O)NCCC(=O)O)sc(=O)n1C. The number of nitrogens with zero attached hydrogens (tertiary/aromatic N) is 1. The Balaban J connectivity index is 2.70. The molecule has 0 aromatic carbocycles. The van der Waals surface area contributed by atoms with Gasteiger partial charge in [0, 0.05) is 19.3 Å². The van der Waals surface area contributed by atoms with E-state index < -0.39 is 11.9 Å². The zero-order valence-corrected chi connectivity index (χ0v) is 9.76. The summed E-state index contributed by atoms with van der Waals surface area (Å²) in [6.07, 6.45) is -0.132. The van der Waals surface area contributed by atoms with Crippen LogP contribution in [0, 0.1) is 6.92 Å². The third-order valence-electron chi connectivity index (χ3n) is 2.13. The zero-order valence-electron chi connectivity index (χ0n) is 8.94. The highest BCUT2D eigenvalue weighted by atomic mass is 32.1. The predicted octanol–water partition coefficient (Wildman–Crippen LogP) is -0.0403. The van der Waals surface area contributed by atoms with E-state index in [9.17, 15) is 14.4 Å². The molecule has 0 unspecified atom stereocenters. The van der Waals surface area contributed by atoms with Crippen molar-refractivity contribution in [2.24, 2.45) is 7.05 Å². The molecule has 1 aromatic rings. The van der Waals surface area contributed by atoms with Crippen molar-refractivity contribution in [1.82, 2.24) is 9.88 Å². The lowest BCUT2D eigenvalue weighted by Crippen LogP contribution is -2.26. The number of amides is 1. The molecule has 2 N–H and O–H groups in total. The lowest BCUT2D eigenvalue weighted by atomic mass is 10.3. The van der Waals surface area contributed by atoms with Gasteiger partial charge in [0.2, 0.25) is 0 Å². The summed E-state index contributed by atoms with van der Waals surface area (Å²) in [5.74, 6) is -1.38.